The summed E-state index contributed by atoms with van der Waals surface area (Å²) in [5.74, 6) is 1.65. The number of nitrogens with one attached hydrogen (secondary N) is 1. The maximum absolute atomic E-state index is 12.3. The smallest absolute Gasteiger partial charge is 0.287 e. The molecule has 8 heteroatoms. The molecule has 152 valence electrons. The lowest BCUT2D eigenvalue weighted by molar-refractivity contribution is 0.102. The third-order valence-corrected chi connectivity index (χ3v) is 4.38. The SMILES string of the molecule is COc1ccc(C(=O)Nc2ccc(OCc3cc(=O)n4oc(C)cc4n3)cc2)cc1. The van der Waals surface area contributed by atoms with Gasteiger partial charge in [-0.15, -0.1) is 4.57 Å². The van der Waals surface area contributed by atoms with Crippen molar-refractivity contribution in [3.8, 4) is 11.5 Å². The van der Waals surface area contributed by atoms with Crippen LogP contribution in [0.5, 0.6) is 11.5 Å². The van der Waals surface area contributed by atoms with E-state index in [-0.39, 0.29) is 18.1 Å². The number of methoxy groups -OCH3 is 1. The summed E-state index contributed by atoms with van der Waals surface area (Å²) < 4.78 is 17.2. The molecule has 8 nitrogen and oxygen atoms in total. The molecular formula is C22H19N3O5. The van der Waals surface area contributed by atoms with Crippen molar-refractivity contribution in [1.29, 1.82) is 0 Å². The first-order valence-corrected chi connectivity index (χ1v) is 9.20. The molecule has 30 heavy (non-hydrogen) atoms. The largest absolute Gasteiger partial charge is 0.497 e. The highest BCUT2D eigenvalue weighted by Crippen LogP contribution is 2.18. The van der Waals surface area contributed by atoms with E-state index in [4.69, 9.17) is 14.0 Å². The molecule has 2 aromatic heterocycles. The molecule has 1 N–H and O–H groups in total. The minimum Gasteiger partial charge on any atom is -0.497 e. The maximum atomic E-state index is 12.3. The summed E-state index contributed by atoms with van der Waals surface area (Å²) in [4.78, 5) is 28.7. The first kappa shape index (κ1) is 19.3. The highest BCUT2D eigenvalue weighted by molar-refractivity contribution is 6.04. The van der Waals surface area contributed by atoms with Crippen molar-refractivity contribution >= 4 is 17.2 Å². The Morgan fingerprint density at radius 3 is 2.47 bits per heavy atom. The van der Waals surface area contributed by atoms with Gasteiger partial charge in [0.15, 0.2) is 5.65 Å². The summed E-state index contributed by atoms with van der Waals surface area (Å²) in [5.41, 5.74) is 1.80. The summed E-state index contributed by atoms with van der Waals surface area (Å²) in [7, 11) is 1.57. The number of nitrogens with zero attached hydrogens (tertiary/aromatic N) is 2. The molecule has 1 amide bonds. The third kappa shape index (κ3) is 4.17. The van der Waals surface area contributed by atoms with Gasteiger partial charge in [0, 0.05) is 23.4 Å². The standard InChI is InChI=1S/C22H19N3O5/c1-14-11-20-23-17(12-21(26)25(20)30-14)13-29-19-9-5-16(6-10-19)24-22(27)15-3-7-18(28-2)8-4-15/h3-12H,13H2,1-2H3,(H,24,27). The Hall–Kier alpha value is -4.07. The summed E-state index contributed by atoms with van der Waals surface area (Å²) in [6, 6.07) is 16.9. The van der Waals surface area contributed by atoms with Crippen LogP contribution in [0.1, 0.15) is 21.8 Å². The van der Waals surface area contributed by atoms with Gasteiger partial charge in [-0.05, 0) is 55.5 Å². The van der Waals surface area contributed by atoms with Crippen LogP contribution >= 0.6 is 0 Å². The van der Waals surface area contributed by atoms with Gasteiger partial charge in [-0.25, -0.2) is 4.98 Å². The number of aryl methyl sites for hydroxylation is 1. The molecule has 0 aliphatic carbocycles. The van der Waals surface area contributed by atoms with Crippen LogP contribution in [0.4, 0.5) is 5.69 Å². The topological polar surface area (TPSA) is 95.1 Å². The zero-order chi connectivity index (χ0) is 21.1. The Bertz CT molecular complexity index is 1240. The number of benzene rings is 2. The lowest BCUT2D eigenvalue weighted by atomic mass is 10.2. The molecule has 0 aliphatic rings. The van der Waals surface area contributed by atoms with E-state index < -0.39 is 0 Å². The van der Waals surface area contributed by atoms with Crippen LogP contribution in [0.15, 0.2) is 70.0 Å². The molecule has 0 spiro atoms. The first-order valence-electron chi connectivity index (χ1n) is 9.20. The molecule has 4 rings (SSSR count). The molecule has 0 atom stereocenters. The molecule has 0 bridgehead atoms. The number of carbonyl (C=O) groups excluding carboxylic acids is 1. The lowest BCUT2D eigenvalue weighted by Gasteiger charge is -2.09. The Kier molecular flexibility index (Phi) is 5.21. The number of anilines is 1. The van der Waals surface area contributed by atoms with E-state index in [1.165, 1.54) is 6.07 Å². The lowest BCUT2D eigenvalue weighted by Crippen LogP contribution is -2.14. The van der Waals surface area contributed by atoms with Crippen LogP contribution in [0.3, 0.4) is 0 Å². The summed E-state index contributed by atoms with van der Waals surface area (Å²) in [5, 5.41) is 2.82. The summed E-state index contributed by atoms with van der Waals surface area (Å²) in [6.07, 6.45) is 0. The predicted molar refractivity (Wildman–Crippen MR) is 110 cm³/mol. The van der Waals surface area contributed by atoms with Crippen molar-refractivity contribution in [2.24, 2.45) is 0 Å². The van der Waals surface area contributed by atoms with Gasteiger partial charge in [-0.1, -0.05) is 0 Å². The minimum atomic E-state index is -0.303. The number of rotatable bonds is 6. The van der Waals surface area contributed by atoms with Gasteiger partial charge >= 0.3 is 0 Å². The van der Waals surface area contributed by atoms with Crippen LogP contribution in [-0.2, 0) is 6.61 Å². The Morgan fingerprint density at radius 1 is 1.07 bits per heavy atom. The first-order chi connectivity index (χ1) is 14.5. The third-order valence-electron chi connectivity index (χ3n) is 4.38. The zero-order valence-corrected chi connectivity index (χ0v) is 16.4. The van der Waals surface area contributed by atoms with E-state index in [0.29, 0.717) is 39.9 Å². The van der Waals surface area contributed by atoms with Gasteiger partial charge in [-0.2, -0.15) is 0 Å². The summed E-state index contributed by atoms with van der Waals surface area (Å²) >= 11 is 0. The highest BCUT2D eigenvalue weighted by Gasteiger charge is 2.09. The van der Waals surface area contributed by atoms with Crippen molar-refractivity contribution in [3.63, 3.8) is 0 Å². The second-order valence-electron chi connectivity index (χ2n) is 6.58. The molecule has 0 aliphatic heterocycles. The molecular weight excluding hydrogens is 386 g/mol. The van der Waals surface area contributed by atoms with Gasteiger partial charge < -0.3 is 19.3 Å². The second-order valence-corrected chi connectivity index (χ2v) is 6.58. The number of amides is 1. The molecule has 0 fully saturated rings. The number of fused-ring (bicyclic) bond motifs is 1. The molecule has 0 saturated heterocycles. The number of carbonyl (C=O) groups is 1. The fourth-order valence-electron chi connectivity index (χ4n) is 2.89. The van der Waals surface area contributed by atoms with E-state index in [1.807, 2.05) is 0 Å². The van der Waals surface area contributed by atoms with Crippen molar-refractivity contribution in [1.82, 2.24) is 9.56 Å². The fraction of sp³-hybridized carbons (Fsp3) is 0.136. The van der Waals surface area contributed by atoms with Crippen LogP contribution in [-0.4, -0.2) is 22.6 Å². The van der Waals surface area contributed by atoms with Crippen molar-refractivity contribution in [3.05, 3.63) is 88.0 Å². The Labute approximate surface area is 171 Å². The van der Waals surface area contributed by atoms with E-state index in [2.05, 4.69) is 10.3 Å². The highest BCUT2D eigenvalue weighted by atomic mass is 16.5. The van der Waals surface area contributed by atoms with Gasteiger partial charge in [0.2, 0.25) is 0 Å². The predicted octanol–water partition coefficient (Wildman–Crippen LogP) is 3.44. The summed E-state index contributed by atoms with van der Waals surface area (Å²) in [6.45, 7) is 1.88. The molecule has 0 unspecified atom stereocenters. The number of hydrogen-bond acceptors (Lipinski definition) is 6. The quantitative estimate of drug-likeness (QED) is 0.528. The maximum Gasteiger partial charge on any atom is 0.287 e. The van der Waals surface area contributed by atoms with Crippen LogP contribution < -0.4 is 20.3 Å². The van der Waals surface area contributed by atoms with Crippen molar-refractivity contribution in [2.75, 3.05) is 12.4 Å². The van der Waals surface area contributed by atoms with Gasteiger partial charge in [-0.3, -0.25) is 9.59 Å². The molecule has 0 radical (unpaired) electrons. The van der Waals surface area contributed by atoms with Gasteiger partial charge in [0.05, 0.1) is 12.8 Å². The number of aromatic nitrogens is 2. The van der Waals surface area contributed by atoms with E-state index >= 15 is 0 Å². The van der Waals surface area contributed by atoms with Crippen LogP contribution in [0.25, 0.3) is 5.65 Å². The van der Waals surface area contributed by atoms with E-state index in [9.17, 15) is 9.59 Å². The average Bonchev–Trinajstić information content (AvgIpc) is 3.14. The normalized spacial score (nSPS) is 10.7. The Balaban J connectivity index is 1.38. The second kappa shape index (κ2) is 8.12. The fourth-order valence-corrected chi connectivity index (χ4v) is 2.89. The van der Waals surface area contributed by atoms with Crippen LogP contribution in [0, 0.1) is 6.92 Å². The van der Waals surface area contributed by atoms with Gasteiger partial charge in [0.1, 0.15) is 23.9 Å². The molecule has 2 aromatic carbocycles. The van der Waals surface area contributed by atoms with Crippen molar-refractivity contribution in [2.45, 2.75) is 13.5 Å². The number of ether oxygens (including phenoxy) is 2. The van der Waals surface area contributed by atoms with Crippen molar-refractivity contribution < 1.29 is 18.8 Å². The molecule has 4 aromatic rings. The van der Waals surface area contributed by atoms with E-state index in [0.717, 1.165) is 4.57 Å². The molecule has 0 saturated carbocycles. The van der Waals surface area contributed by atoms with E-state index in [1.54, 1.807) is 68.6 Å². The minimum absolute atomic E-state index is 0.132. The van der Waals surface area contributed by atoms with Crippen LogP contribution in [0.2, 0.25) is 0 Å². The number of hydrogen-bond donors (Lipinski definition) is 1. The molecule has 2 heterocycles. The Morgan fingerprint density at radius 2 is 1.77 bits per heavy atom. The monoisotopic (exact) mass is 405 g/mol. The van der Waals surface area contributed by atoms with Gasteiger partial charge in [0.25, 0.3) is 11.5 Å². The zero-order valence-electron chi connectivity index (χ0n) is 16.4. The average molecular weight is 405 g/mol.